The molecule has 0 aromatic heterocycles. The second-order valence-electron chi connectivity index (χ2n) is 7.26. The molecule has 0 bridgehead atoms. The van der Waals surface area contributed by atoms with E-state index in [4.69, 9.17) is 4.74 Å². The summed E-state index contributed by atoms with van der Waals surface area (Å²) in [6, 6.07) is 12.8. The minimum atomic E-state index is -1.05. The van der Waals surface area contributed by atoms with E-state index < -0.39 is 22.8 Å². The van der Waals surface area contributed by atoms with Crippen molar-refractivity contribution in [3.8, 4) is 5.75 Å². The number of nitrogens with zero attached hydrogens (tertiary/aromatic N) is 1. The number of carbonyl (C=O) groups is 2. The van der Waals surface area contributed by atoms with Crippen LogP contribution in [0.25, 0.3) is 0 Å². The van der Waals surface area contributed by atoms with Crippen molar-refractivity contribution in [1.29, 1.82) is 0 Å². The van der Waals surface area contributed by atoms with Gasteiger partial charge in [-0.1, -0.05) is 45.0 Å². The molecule has 2 aromatic rings. The van der Waals surface area contributed by atoms with E-state index in [1.165, 1.54) is 25.1 Å². The number of ether oxygens (including phenoxy) is 1. The van der Waals surface area contributed by atoms with E-state index in [9.17, 15) is 19.7 Å². The molecule has 2 amide bonds. The van der Waals surface area contributed by atoms with Crippen LogP contribution in [-0.2, 0) is 10.2 Å². The number of hydrogen-bond acceptors (Lipinski definition) is 5. The molecule has 0 fully saturated rings. The first-order valence-electron chi connectivity index (χ1n) is 8.70. The van der Waals surface area contributed by atoms with E-state index in [0.717, 1.165) is 5.56 Å². The lowest BCUT2D eigenvalue weighted by molar-refractivity contribution is -0.386. The standard InChI is InChI=1S/C20H23N3O5/c1-13(28-17-8-6-5-7-16(17)23(26)27)18(24)21-22-19(25)14-9-11-15(12-10-14)20(2,3)4/h5-13H,1-4H3,(H,21,24)(H,22,25)/t13-/m1/s1. The van der Waals surface area contributed by atoms with E-state index in [1.807, 2.05) is 12.1 Å². The van der Waals surface area contributed by atoms with Gasteiger partial charge in [0, 0.05) is 11.6 Å². The van der Waals surface area contributed by atoms with Crippen molar-refractivity contribution in [2.24, 2.45) is 0 Å². The van der Waals surface area contributed by atoms with E-state index >= 15 is 0 Å². The molecule has 2 N–H and O–H groups in total. The van der Waals surface area contributed by atoms with Gasteiger partial charge in [-0.25, -0.2) is 0 Å². The number of hydrazine groups is 1. The average Bonchev–Trinajstić information content (AvgIpc) is 2.65. The molecule has 0 heterocycles. The smallest absolute Gasteiger partial charge is 0.310 e. The molecule has 0 aliphatic rings. The molecule has 0 saturated carbocycles. The first kappa shape index (κ1) is 20.9. The van der Waals surface area contributed by atoms with Gasteiger partial charge in [-0.2, -0.15) is 0 Å². The Hall–Kier alpha value is -3.42. The summed E-state index contributed by atoms with van der Waals surface area (Å²) >= 11 is 0. The average molecular weight is 385 g/mol. The molecular formula is C20H23N3O5. The first-order valence-corrected chi connectivity index (χ1v) is 8.70. The molecule has 2 aromatic carbocycles. The molecular weight excluding hydrogens is 362 g/mol. The van der Waals surface area contributed by atoms with E-state index in [2.05, 4.69) is 31.6 Å². The fourth-order valence-corrected chi connectivity index (χ4v) is 2.37. The molecule has 28 heavy (non-hydrogen) atoms. The van der Waals surface area contributed by atoms with Crippen LogP contribution in [0.5, 0.6) is 5.75 Å². The maximum Gasteiger partial charge on any atom is 0.310 e. The van der Waals surface area contributed by atoms with Crippen molar-refractivity contribution in [2.75, 3.05) is 0 Å². The van der Waals surface area contributed by atoms with Crippen molar-refractivity contribution >= 4 is 17.5 Å². The van der Waals surface area contributed by atoms with Gasteiger partial charge in [0.2, 0.25) is 0 Å². The maximum atomic E-state index is 12.2. The molecule has 0 unspecified atom stereocenters. The Kier molecular flexibility index (Phi) is 6.35. The van der Waals surface area contributed by atoms with Crippen molar-refractivity contribution in [3.05, 3.63) is 69.8 Å². The maximum absolute atomic E-state index is 12.2. The lowest BCUT2D eigenvalue weighted by Gasteiger charge is -2.19. The van der Waals surface area contributed by atoms with Gasteiger partial charge in [0.05, 0.1) is 4.92 Å². The molecule has 1 atom stereocenters. The Balaban J connectivity index is 1.94. The minimum Gasteiger partial charge on any atom is -0.474 e. The summed E-state index contributed by atoms with van der Waals surface area (Å²) in [6.45, 7) is 7.64. The molecule has 0 aliphatic carbocycles. The van der Waals surface area contributed by atoms with Gasteiger partial charge in [0.25, 0.3) is 11.8 Å². The molecule has 148 valence electrons. The fourth-order valence-electron chi connectivity index (χ4n) is 2.37. The first-order chi connectivity index (χ1) is 13.1. The van der Waals surface area contributed by atoms with Gasteiger partial charge in [-0.15, -0.1) is 0 Å². The minimum absolute atomic E-state index is 0.0285. The molecule has 0 aliphatic heterocycles. The molecule has 8 heteroatoms. The summed E-state index contributed by atoms with van der Waals surface area (Å²) in [6.07, 6.45) is -1.05. The third-order valence-electron chi connectivity index (χ3n) is 4.05. The second kappa shape index (κ2) is 8.51. The van der Waals surface area contributed by atoms with Crippen LogP contribution in [-0.4, -0.2) is 22.8 Å². The quantitative estimate of drug-likeness (QED) is 0.607. The van der Waals surface area contributed by atoms with Crippen molar-refractivity contribution in [2.45, 2.75) is 39.2 Å². The SMILES string of the molecule is C[C@@H](Oc1ccccc1[N+](=O)[O-])C(=O)NNC(=O)c1ccc(C(C)(C)C)cc1. The third-order valence-corrected chi connectivity index (χ3v) is 4.05. The molecule has 8 nitrogen and oxygen atoms in total. The topological polar surface area (TPSA) is 111 Å². The fraction of sp³-hybridized carbons (Fsp3) is 0.300. The highest BCUT2D eigenvalue weighted by molar-refractivity contribution is 5.95. The van der Waals surface area contributed by atoms with Crippen LogP contribution in [0.3, 0.4) is 0 Å². The van der Waals surface area contributed by atoms with Crippen LogP contribution in [0.15, 0.2) is 48.5 Å². The van der Waals surface area contributed by atoms with Crippen LogP contribution in [0.4, 0.5) is 5.69 Å². The number of hydrogen-bond donors (Lipinski definition) is 2. The van der Waals surface area contributed by atoms with Gasteiger partial charge in [-0.3, -0.25) is 30.6 Å². The lowest BCUT2D eigenvalue weighted by atomic mass is 9.87. The van der Waals surface area contributed by atoms with Gasteiger partial charge >= 0.3 is 5.69 Å². The molecule has 0 spiro atoms. The van der Waals surface area contributed by atoms with Crippen molar-refractivity contribution in [3.63, 3.8) is 0 Å². The highest BCUT2D eigenvalue weighted by Crippen LogP contribution is 2.26. The van der Waals surface area contributed by atoms with E-state index in [0.29, 0.717) is 5.56 Å². The summed E-state index contributed by atoms with van der Waals surface area (Å²) in [7, 11) is 0. The van der Waals surface area contributed by atoms with Crippen molar-refractivity contribution in [1.82, 2.24) is 10.9 Å². The molecule has 0 saturated heterocycles. The highest BCUT2D eigenvalue weighted by atomic mass is 16.6. The number of carbonyl (C=O) groups excluding carboxylic acids is 2. The predicted octanol–water partition coefficient (Wildman–Crippen LogP) is 3.12. The zero-order valence-corrected chi connectivity index (χ0v) is 16.2. The zero-order valence-electron chi connectivity index (χ0n) is 16.2. The largest absolute Gasteiger partial charge is 0.474 e. The van der Waals surface area contributed by atoms with Gasteiger partial charge in [-0.05, 0) is 36.1 Å². The van der Waals surface area contributed by atoms with Crippen LogP contribution in [0.2, 0.25) is 0 Å². The summed E-state index contributed by atoms with van der Waals surface area (Å²) in [5.41, 5.74) is 5.77. The predicted molar refractivity (Wildman–Crippen MR) is 104 cm³/mol. The number of benzene rings is 2. The summed E-state index contributed by atoms with van der Waals surface area (Å²) in [4.78, 5) is 34.7. The summed E-state index contributed by atoms with van der Waals surface area (Å²) in [5.74, 6) is -1.15. The van der Waals surface area contributed by atoms with E-state index in [1.54, 1.807) is 18.2 Å². The van der Waals surface area contributed by atoms with Crippen LogP contribution >= 0.6 is 0 Å². The monoisotopic (exact) mass is 385 g/mol. The Morgan fingerprint density at radius 2 is 1.64 bits per heavy atom. The van der Waals surface area contributed by atoms with Crippen molar-refractivity contribution < 1.29 is 19.2 Å². The lowest BCUT2D eigenvalue weighted by Crippen LogP contribution is -2.47. The Bertz CT molecular complexity index is 872. The van der Waals surface area contributed by atoms with Crippen LogP contribution in [0, 0.1) is 10.1 Å². The molecule has 0 radical (unpaired) electrons. The van der Waals surface area contributed by atoms with Gasteiger partial charge < -0.3 is 4.74 Å². The Morgan fingerprint density at radius 3 is 2.21 bits per heavy atom. The number of para-hydroxylation sites is 2. The van der Waals surface area contributed by atoms with Crippen LogP contribution < -0.4 is 15.6 Å². The number of nitrogens with one attached hydrogen (secondary N) is 2. The van der Waals surface area contributed by atoms with Gasteiger partial charge in [0.15, 0.2) is 11.9 Å². The number of nitro benzene ring substituents is 1. The number of nitro groups is 1. The van der Waals surface area contributed by atoms with E-state index in [-0.39, 0.29) is 16.9 Å². The summed E-state index contributed by atoms with van der Waals surface area (Å²) < 4.78 is 5.35. The van der Waals surface area contributed by atoms with Gasteiger partial charge in [0.1, 0.15) is 0 Å². The zero-order chi connectivity index (χ0) is 20.9. The third kappa shape index (κ3) is 5.29. The Labute approximate surface area is 163 Å². The number of amides is 2. The van der Waals surface area contributed by atoms with Crippen LogP contribution in [0.1, 0.15) is 43.6 Å². The number of rotatable bonds is 5. The normalized spacial score (nSPS) is 12.0. The Morgan fingerprint density at radius 1 is 1.04 bits per heavy atom. The summed E-state index contributed by atoms with van der Waals surface area (Å²) in [5, 5.41) is 11.0. The molecule has 2 rings (SSSR count). The highest BCUT2D eigenvalue weighted by Gasteiger charge is 2.21. The second-order valence-corrected chi connectivity index (χ2v) is 7.26.